The fourth-order valence-corrected chi connectivity index (χ4v) is 3.11. The first kappa shape index (κ1) is 17.5. The first-order chi connectivity index (χ1) is 14.7. The predicted molar refractivity (Wildman–Crippen MR) is 111 cm³/mol. The zero-order valence-electron chi connectivity index (χ0n) is 15.4. The average Bonchev–Trinajstić information content (AvgIpc) is 3.41. The molecule has 0 atom stereocenters. The van der Waals surface area contributed by atoms with E-state index < -0.39 is 5.97 Å². The van der Waals surface area contributed by atoms with E-state index in [-0.39, 0.29) is 5.56 Å². The summed E-state index contributed by atoms with van der Waals surface area (Å²) in [7, 11) is 0. The SMILES string of the molecule is O=C(O)c1ccc(C=NNc2ncnc3c2cnn3-c2cccc3[nH]cnc23)cc1. The summed E-state index contributed by atoms with van der Waals surface area (Å²) in [5.41, 5.74) is 6.98. The van der Waals surface area contributed by atoms with E-state index in [4.69, 9.17) is 5.11 Å². The molecule has 0 bridgehead atoms. The lowest BCUT2D eigenvalue weighted by molar-refractivity contribution is 0.0697. The summed E-state index contributed by atoms with van der Waals surface area (Å²) in [4.78, 5) is 27.0. The van der Waals surface area contributed by atoms with Gasteiger partial charge in [-0.15, -0.1) is 0 Å². The number of rotatable bonds is 5. The number of aromatic amines is 1. The van der Waals surface area contributed by atoms with Crippen LogP contribution in [-0.4, -0.2) is 47.0 Å². The molecule has 10 heteroatoms. The molecular weight excluding hydrogens is 384 g/mol. The highest BCUT2D eigenvalue weighted by Gasteiger charge is 2.13. The van der Waals surface area contributed by atoms with Gasteiger partial charge in [0.1, 0.15) is 11.8 Å². The van der Waals surface area contributed by atoms with Gasteiger partial charge >= 0.3 is 5.97 Å². The number of hydrogen-bond acceptors (Lipinski definition) is 7. The smallest absolute Gasteiger partial charge is 0.335 e. The second-order valence-electron chi connectivity index (χ2n) is 6.39. The number of fused-ring (bicyclic) bond motifs is 2. The van der Waals surface area contributed by atoms with Crippen molar-refractivity contribution in [2.75, 3.05) is 5.43 Å². The molecule has 0 fully saturated rings. The van der Waals surface area contributed by atoms with Gasteiger partial charge in [0.25, 0.3) is 0 Å². The van der Waals surface area contributed by atoms with E-state index in [0.29, 0.717) is 16.9 Å². The topological polar surface area (TPSA) is 134 Å². The Balaban J connectivity index is 1.45. The van der Waals surface area contributed by atoms with Crippen molar-refractivity contribution in [2.45, 2.75) is 0 Å². The maximum atomic E-state index is 10.9. The van der Waals surface area contributed by atoms with Crippen LogP contribution in [0.4, 0.5) is 5.82 Å². The number of H-pyrrole nitrogens is 1. The van der Waals surface area contributed by atoms with E-state index in [9.17, 15) is 4.79 Å². The molecule has 0 amide bonds. The second kappa shape index (κ2) is 7.09. The zero-order valence-corrected chi connectivity index (χ0v) is 15.4. The summed E-state index contributed by atoms with van der Waals surface area (Å²) in [6.45, 7) is 0. The van der Waals surface area contributed by atoms with Crippen LogP contribution in [0, 0.1) is 0 Å². The number of anilines is 1. The van der Waals surface area contributed by atoms with Crippen LogP contribution in [0.3, 0.4) is 0 Å². The highest BCUT2D eigenvalue weighted by atomic mass is 16.4. The van der Waals surface area contributed by atoms with Crippen LogP contribution in [0.25, 0.3) is 27.8 Å². The van der Waals surface area contributed by atoms with Crippen LogP contribution in [0.1, 0.15) is 15.9 Å². The summed E-state index contributed by atoms with van der Waals surface area (Å²) in [5.74, 6) is -0.471. The third-order valence-corrected chi connectivity index (χ3v) is 4.56. The third kappa shape index (κ3) is 3.02. The number of carboxylic acid groups (broad SMARTS) is 1. The van der Waals surface area contributed by atoms with Crippen molar-refractivity contribution >= 4 is 40.1 Å². The molecule has 5 aromatic rings. The summed E-state index contributed by atoms with van der Waals surface area (Å²) in [6.07, 6.45) is 6.32. The molecule has 0 saturated carbocycles. The van der Waals surface area contributed by atoms with Crippen LogP contribution in [0.15, 0.2) is 66.4 Å². The lowest BCUT2D eigenvalue weighted by atomic mass is 10.1. The van der Waals surface area contributed by atoms with Gasteiger partial charge in [0, 0.05) is 0 Å². The number of hydrogen-bond donors (Lipinski definition) is 3. The maximum absolute atomic E-state index is 10.9. The molecule has 2 aromatic carbocycles. The lowest BCUT2D eigenvalue weighted by Gasteiger charge is -2.04. The first-order valence-corrected chi connectivity index (χ1v) is 8.94. The Morgan fingerprint density at radius 3 is 2.83 bits per heavy atom. The van der Waals surface area contributed by atoms with Crippen molar-refractivity contribution in [3.8, 4) is 5.69 Å². The monoisotopic (exact) mass is 398 g/mol. The van der Waals surface area contributed by atoms with Crippen molar-refractivity contribution in [2.24, 2.45) is 5.10 Å². The number of nitrogens with one attached hydrogen (secondary N) is 2. The van der Waals surface area contributed by atoms with Crippen LogP contribution in [-0.2, 0) is 0 Å². The summed E-state index contributed by atoms with van der Waals surface area (Å²) >= 11 is 0. The van der Waals surface area contributed by atoms with E-state index in [2.05, 4.69) is 35.6 Å². The fraction of sp³-hybridized carbons (Fsp3) is 0. The standard InChI is InChI=1S/C20H14N8O2/c29-20(30)13-6-4-12(5-7-13)8-25-27-18-14-9-26-28(19(14)24-11-23-18)16-3-1-2-15-17(16)22-10-21-15/h1-11H,(H,21,22)(H,29,30)(H,23,24,27). The Labute approximate surface area is 168 Å². The third-order valence-electron chi connectivity index (χ3n) is 4.56. The number of aromatic nitrogens is 6. The van der Waals surface area contributed by atoms with E-state index >= 15 is 0 Å². The number of carbonyl (C=O) groups is 1. The molecule has 0 aliphatic rings. The van der Waals surface area contributed by atoms with E-state index in [0.717, 1.165) is 22.3 Å². The van der Waals surface area contributed by atoms with Crippen LogP contribution in [0.2, 0.25) is 0 Å². The molecule has 0 spiro atoms. The highest BCUT2D eigenvalue weighted by molar-refractivity contribution is 5.91. The van der Waals surface area contributed by atoms with E-state index in [1.807, 2.05) is 18.2 Å². The quantitative estimate of drug-likeness (QED) is 0.306. The van der Waals surface area contributed by atoms with Crippen LogP contribution in [0.5, 0.6) is 0 Å². The number of hydrazone groups is 1. The molecule has 3 N–H and O–H groups in total. The summed E-state index contributed by atoms with van der Waals surface area (Å²) < 4.78 is 1.71. The number of nitrogens with zero attached hydrogens (tertiary/aromatic N) is 6. The van der Waals surface area contributed by atoms with Gasteiger partial charge in [-0.05, 0) is 29.8 Å². The van der Waals surface area contributed by atoms with Crippen LogP contribution >= 0.6 is 0 Å². The van der Waals surface area contributed by atoms with Gasteiger partial charge in [0.05, 0.1) is 40.9 Å². The Hall–Kier alpha value is -4.60. The zero-order chi connectivity index (χ0) is 20.5. The number of imidazole rings is 1. The molecule has 30 heavy (non-hydrogen) atoms. The Morgan fingerprint density at radius 2 is 2.00 bits per heavy atom. The van der Waals surface area contributed by atoms with E-state index in [1.54, 1.807) is 35.6 Å². The minimum atomic E-state index is -0.970. The Morgan fingerprint density at radius 1 is 1.13 bits per heavy atom. The molecule has 0 radical (unpaired) electrons. The molecule has 0 aliphatic carbocycles. The van der Waals surface area contributed by atoms with E-state index in [1.165, 1.54) is 18.5 Å². The average molecular weight is 398 g/mol. The van der Waals surface area contributed by atoms with Gasteiger partial charge < -0.3 is 10.1 Å². The van der Waals surface area contributed by atoms with Gasteiger partial charge in [-0.2, -0.15) is 10.2 Å². The second-order valence-corrected chi connectivity index (χ2v) is 6.39. The highest BCUT2D eigenvalue weighted by Crippen LogP contribution is 2.25. The minimum Gasteiger partial charge on any atom is -0.478 e. The molecule has 3 aromatic heterocycles. The molecule has 0 unspecified atom stereocenters. The number of aromatic carboxylic acids is 1. The Bertz CT molecular complexity index is 1400. The van der Waals surface area contributed by atoms with Crippen molar-refractivity contribution in [3.05, 3.63) is 72.4 Å². The van der Waals surface area contributed by atoms with Gasteiger partial charge in [0.15, 0.2) is 11.5 Å². The van der Waals surface area contributed by atoms with Crippen LogP contribution < -0.4 is 5.43 Å². The molecule has 0 aliphatic heterocycles. The summed E-state index contributed by atoms with van der Waals surface area (Å²) in [5, 5.41) is 18.3. The number of para-hydroxylation sites is 1. The minimum absolute atomic E-state index is 0.219. The fourth-order valence-electron chi connectivity index (χ4n) is 3.11. The molecule has 3 heterocycles. The largest absolute Gasteiger partial charge is 0.478 e. The normalized spacial score (nSPS) is 11.5. The molecule has 5 rings (SSSR count). The van der Waals surface area contributed by atoms with Crippen molar-refractivity contribution in [1.82, 2.24) is 29.7 Å². The van der Waals surface area contributed by atoms with Gasteiger partial charge in [-0.1, -0.05) is 18.2 Å². The molecule has 146 valence electrons. The van der Waals surface area contributed by atoms with Gasteiger partial charge in [-0.25, -0.2) is 24.4 Å². The number of carboxylic acids is 1. The molecular formula is C20H14N8O2. The molecule has 0 saturated heterocycles. The number of benzene rings is 2. The van der Waals surface area contributed by atoms with Gasteiger partial charge in [-0.3, -0.25) is 5.43 Å². The van der Waals surface area contributed by atoms with Crippen molar-refractivity contribution in [1.29, 1.82) is 0 Å². The summed E-state index contributed by atoms with van der Waals surface area (Å²) in [6, 6.07) is 12.2. The van der Waals surface area contributed by atoms with Crippen molar-refractivity contribution < 1.29 is 9.90 Å². The van der Waals surface area contributed by atoms with Crippen molar-refractivity contribution in [3.63, 3.8) is 0 Å². The Kier molecular flexibility index (Phi) is 4.14. The predicted octanol–water partition coefficient (Wildman–Crippen LogP) is 2.84. The molecule has 10 nitrogen and oxygen atoms in total. The van der Waals surface area contributed by atoms with Gasteiger partial charge in [0.2, 0.25) is 0 Å². The maximum Gasteiger partial charge on any atom is 0.335 e. The lowest BCUT2D eigenvalue weighted by Crippen LogP contribution is -2.00. The first-order valence-electron chi connectivity index (χ1n) is 8.94.